The molecule has 0 spiro atoms. The summed E-state index contributed by atoms with van der Waals surface area (Å²) in [6, 6.07) is 0.0999. The Balaban J connectivity index is 2.11. The molecule has 1 aliphatic heterocycles. The summed E-state index contributed by atoms with van der Waals surface area (Å²) in [6.45, 7) is 2.79. The van der Waals surface area contributed by atoms with Gasteiger partial charge in [0.05, 0.1) is 12.5 Å². The first-order chi connectivity index (χ1) is 7.58. The van der Waals surface area contributed by atoms with Gasteiger partial charge in [-0.3, -0.25) is 14.5 Å². The second-order valence-electron chi connectivity index (χ2n) is 4.78. The summed E-state index contributed by atoms with van der Waals surface area (Å²) in [5.74, 6) is -1.03. The van der Waals surface area contributed by atoms with Crippen molar-refractivity contribution in [3.05, 3.63) is 0 Å². The van der Waals surface area contributed by atoms with E-state index in [-0.39, 0.29) is 18.4 Å². The molecule has 0 aromatic carbocycles. The Hall–Kier alpha value is -1.10. The maximum atomic E-state index is 11.9. The van der Waals surface area contributed by atoms with E-state index in [2.05, 4.69) is 10.2 Å². The van der Waals surface area contributed by atoms with Gasteiger partial charge in [-0.2, -0.15) is 0 Å². The van der Waals surface area contributed by atoms with E-state index in [1.54, 1.807) is 0 Å². The molecule has 1 saturated carbocycles. The number of carboxylic acids is 1. The van der Waals surface area contributed by atoms with Crippen molar-refractivity contribution in [3.63, 3.8) is 0 Å². The molecular weight excluding hydrogens is 208 g/mol. The van der Waals surface area contributed by atoms with Gasteiger partial charge in [-0.15, -0.1) is 0 Å². The average Bonchev–Trinajstić information content (AvgIpc) is 2.98. The Morgan fingerprint density at radius 2 is 2.19 bits per heavy atom. The minimum absolute atomic E-state index is 0.0882. The quantitative estimate of drug-likeness (QED) is 0.721. The summed E-state index contributed by atoms with van der Waals surface area (Å²) in [4.78, 5) is 24.8. The van der Waals surface area contributed by atoms with E-state index >= 15 is 0 Å². The number of rotatable bonds is 3. The van der Waals surface area contributed by atoms with E-state index in [9.17, 15) is 9.59 Å². The summed E-state index contributed by atoms with van der Waals surface area (Å²) < 4.78 is 0. The van der Waals surface area contributed by atoms with Gasteiger partial charge in [0, 0.05) is 18.6 Å². The number of hydrogen-bond donors (Lipinski definition) is 2. The predicted octanol–water partition coefficient (Wildman–Crippen LogP) is 0.203. The van der Waals surface area contributed by atoms with E-state index in [0.717, 1.165) is 25.8 Å². The lowest BCUT2D eigenvalue weighted by atomic mass is 10.1. The van der Waals surface area contributed by atoms with Crippen molar-refractivity contribution in [1.82, 2.24) is 10.2 Å². The molecule has 1 saturated heterocycles. The van der Waals surface area contributed by atoms with Crippen LogP contribution in [-0.4, -0.2) is 46.6 Å². The number of nitrogens with zero attached hydrogens (tertiary/aromatic N) is 1. The Morgan fingerprint density at radius 3 is 2.75 bits per heavy atom. The number of amides is 1. The first kappa shape index (κ1) is 11.4. The summed E-state index contributed by atoms with van der Waals surface area (Å²) in [7, 11) is 0. The topological polar surface area (TPSA) is 69.6 Å². The van der Waals surface area contributed by atoms with E-state index in [1.165, 1.54) is 0 Å². The van der Waals surface area contributed by atoms with Crippen LogP contribution in [0, 0.1) is 0 Å². The minimum atomic E-state index is -0.902. The fourth-order valence-corrected chi connectivity index (χ4v) is 2.28. The molecule has 2 atom stereocenters. The third kappa shape index (κ3) is 2.52. The van der Waals surface area contributed by atoms with Crippen molar-refractivity contribution < 1.29 is 14.7 Å². The van der Waals surface area contributed by atoms with E-state index in [0.29, 0.717) is 6.04 Å². The van der Waals surface area contributed by atoms with Crippen molar-refractivity contribution in [2.75, 3.05) is 6.54 Å². The minimum Gasteiger partial charge on any atom is -0.481 e. The molecular formula is C11H18N2O3. The van der Waals surface area contributed by atoms with Crippen molar-refractivity contribution in [3.8, 4) is 0 Å². The molecule has 2 aliphatic rings. The zero-order valence-corrected chi connectivity index (χ0v) is 9.48. The lowest BCUT2D eigenvalue weighted by Crippen LogP contribution is -2.47. The summed E-state index contributed by atoms with van der Waals surface area (Å²) in [5.41, 5.74) is 0. The van der Waals surface area contributed by atoms with Gasteiger partial charge in [0.2, 0.25) is 5.91 Å². The summed E-state index contributed by atoms with van der Waals surface area (Å²) in [6.07, 6.45) is 3.00. The fourth-order valence-electron chi connectivity index (χ4n) is 2.28. The highest BCUT2D eigenvalue weighted by Crippen LogP contribution is 2.30. The molecule has 2 N–H and O–H groups in total. The molecule has 0 aromatic heterocycles. The highest BCUT2D eigenvalue weighted by atomic mass is 16.4. The Bertz CT molecular complexity index is 302. The first-order valence-corrected chi connectivity index (χ1v) is 5.86. The SMILES string of the molecule is CC1CCN(C2CC2)C(CC(=O)O)C(=O)N1. The summed E-state index contributed by atoms with van der Waals surface area (Å²) in [5, 5.41) is 11.7. The van der Waals surface area contributed by atoms with Gasteiger partial charge in [-0.25, -0.2) is 0 Å². The molecule has 0 aromatic rings. The Labute approximate surface area is 94.8 Å². The Kier molecular flexibility index (Phi) is 3.14. The van der Waals surface area contributed by atoms with Crippen LogP contribution in [0.5, 0.6) is 0 Å². The molecule has 1 amide bonds. The van der Waals surface area contributed by atoms with Crippen LogP contribution in [0.15, 0.2) is 0 Å². The van der Waals surface area contributed by atoms with Gasteiger partial charge in [0.25, 0.3) is 0 Å². The van der Waals surface area contributed by atoms with Gasteiger partial charge in [0.15, 0.2) is 0 Å². The highest BCUT2D eigenvalue weighted by molar-refractivity contribution is 5.86. The smallest absolute Gasteiger partial charge is 0.305 e. The van der Waals surface area contributed by atoms with Gasteiger partial charge in [0.1, 0.15) is 0 Å². The predicted molar refractivity (Wildman–Crippen MR) is 58.0 cm³/mol. The number of aliphatic carboxylic acids is 1. The second kappa shape index (κ2) is 4.41. The Morgan fingerprint density at radius 1 is 1.50 bits per heavy atom. The molecule has 2 rings (SSSR count). The summed E-state index contributed by atoms with van der Waals surface area (Å²) >= 11 is 0. The van der Waals surface area contributed by atoms with Crippen LogP contribution in [0.25, 0.3) is 0 Å². The van der Waals surface area contributed by atoms with Gasteiger partial charge < -0.3 is 10.4 Å². The molecule has 5 heteroatoms. The third-order valence-electron chi connectivity index (χ3n) is 3.30. The number of carbonyl (C=O) groups is 2. The number of nitrogens with one attached hydrogen (secondary N) is 1. The second-order valence-corrected chi connectivity index (χ2v) is 4.78. The molecule has 90 valence electrons. The average molecular weight is 226 g/mol. The lowest BCUT2D eigenvalue weighted by molar-refractivity contribution is -0.141. The van der Waals surface area contributed by atoms with E-state index < -0.39 is 12.0 Å². The van der Waals surface area contributed by atoms with Crippen LogP contribution in [0.2, 0.25) is 0 Å². The maximum Gasteiger partial charge on any atom is 0.305 e. The van der Waals surface area contributed by atoms with Crippen LogP contribution in [0.4, 0.5) is 0 Å². The van der Waals surface area contributed by atoms with Crippen molar-refractivity contribution in [2.24, 2.45) is 0 Å². The number of carboxylic acid groups (broad SMARTS) is 1. The van der Waals surface area contributed by atoms with Crippen LogP contribution in [0.3, 0.4) is 0 Å². The van der Waals surface area contributed by atoms with Crippen molar-refractivity contribution >= 4 is 11.9 Å². The molecule has 16 heavy (non-hydrogen) atoms. The zero-order chi connectivity index (χ0) is 11.7. The normalized spacial score (nSPS) is 31.9. The van der Waals surface area contributed by atoms with Crippen molar-refractivity contribution in [2.45, 2.75) is 50.7 Å². The molecule has 1 heterocycles. The molecule has 0 radical (unpaired) electrons. The van der Waals surface area contributed by atoms with E-state index in [1.807, 2.05) is 6.92 Å². The molecule has 0 bridgehead atoms. The first-order valence-electron chi connectivity index (χ1n) is 5.86. The maximum absolute atomic E-state index is 11.9. The van der Waals surface area contributed by atoms with E-state index in [4.69, 9.17) is 5.11 Å². The van der Waals surface area contributed by atoms with Crippen LogP contribution < -0.4 is 5.32 Å². The van der Waals surface area contributed by atoms with Crippen molar-refractivity contribution in [1.29, 1.82) is 0 Å². The monoisotopic (exact) mass is 226 g/mol. The molecule has 5 nitrogen and oxygen atoms in total. The standard InChI is InChI=1S/C11H18N2O3/c1-7-4-5-13(8-2-3-8)9(6-10(14)15)11(16)12-7/h7-9H,2-6H2,1H3,(H,12,16)(H,14,15). The van der Waals surface area contributed by atoms with Crippen LogP contribution in [-0.2, 0) is 9.59 Å². The molecule has 1 aliphatic carbocycles. The number of hydrogen-bond acceptors (Lipinski definition) is 3. The third-order valence-corrected chi connectivity index (χ3v) is 3.30. The fraction of sp³-hybridized carbons (Fsp3) is 0.818. The number of carbonyl (C=O) groups excluding carboxylic acids is 1. The van der Waals surface area contributed by atoms with Crippen LogP contribution >= 0.6 is 0 Å². The highest BCUT2D eigenvalue weighted by Gasteiger charge is 2.40. The zero-order valence-electron chi connectivity index (χ0n) is 9.48. The van der Waals surface area contributed by atoms with Gasteiger partial charge in [-0.1, -0.05) is 0 Å². The van der Waals surface area contributed by atoms with Gasteiger partial charge >= 0.3 is 5.97 Å². The largest absolute Gasteiger partial charge is 0.481 e. The van der Waals surface area contributed by atoms with Crippen LogP contribution in [0.1, 0.15) is 32.6 Å². The molecule has 2 unspecified atom stereocenters. The van der Waals surface area contributed by atoms with Gasteiger partial charge in [-0.05, 0) is 26.2 Å². The lowest BCUT2D eigenvalue weighted by Gasteiger charge is -2.26. The molecule has 2 fully saturated rings.